The van der Waals surface area contributed by atoms with Gasteiger partial charge in [0, 0.05) is 74.2 Å². The van der Waals surface area contributed by atoms with Gasteiger partial charge in [0.25, 0.3) is 0 Å². The van der Waals surface area contributed by atoms with Crippen molar-refractivity contribution in [2.75, 3.05) is 42.5 Å². The molecule has 3 atom stereocenters. The molecule has 8 rings (SSSR count). The molecule has 14 nitrogen and oxygen atoms in total. The summed E-state index contributed by atoms with van der Waals surface area (Å²) in [4.78, 5) is 29.0. The Labute approximate surface area is 330 Å². The SMILES string of the molecule is C[C@H](NC(=O)[C@@H]1C[C@@H](O)CN1[C-]=O)c1ccc(-c2c(F)cnn2C)cc1.C[CH-]C.Oc1ccccc1-c1cc2ccc(N3CCN(c4c[c-]on4)CC3)cc2nn1.[Lr]. The Morgan fingerprint density at radius 2 is 1.74 bits per heavy atom. The third-order valence-electron chi connectivity index (χ3n) is 9.74. The van der Waals surface area contributed by atoms with E-state index in [-0.39, 0.29) is 30.7 Å². The molecule has 3 aromatic carbocycles. The minimum atomic E-state index is -0.715. The number of carbonyl (C=O) groups excluding carboxylic acids is 2. The maximum absolute atomic E-state index is 13.8. The van der Waals surface area contributed by atoms with E-state index in [1.807, 2.05) is 45.4 Å². The van der Waals surface area contributed by atoms with E-state index < -0.39 is 18.0 Å². The average molecular weight is 1040 g/mol. The molecule has 6 aromatic rings. The second-order valence-electron chi connectivity index (χ2n) is 13.8. The van der Waals surface area contributed by atoms with Crippen LogP contribution in [0.2, 0.25) is 0 Å². The zero-order valence-electron chi connectivity index (χ0n) is 32.5. The number of likely N-dealkylation sites (tertiary alicyclic amines) is 1. The van der Waals surface area contributed by atoms with Crippen LogP contribution in [0.25, 0.3) is 33.4 Å². The van der Waals surface area contributed by atoms with Gasteiger partial charge in [-0.15, -0.1) is 10.2 Å². The topological polar surface area (TPSA) is 166 Å². The molecule has 2 saturated heterocycles. The normalized spacial score (nSPS) is 16.7. The van der Waals surface area contributed by atoms with Crippen LogP contribution in [0.3, 0.4) is 0 Å². The average Bonchev–Trinajstić information content (AvgIpc) is 3.99. The van der Waals surface area contributed by atoms with Gasteiger partial charge in [-0.3, -0.25) is 9.48 Å². The predicted molar refractivity (Wildman–Crippen MR) is 214 cm³/mol. The van der Waals surface area contributed by atoms with Crippen molar-refractivity contribution in [1.29, 1.82) is 0 Å². The minimum Gasteiger partial charge on any atom is -0.520 e. The van der Waals surface area contributed by atoms with Gasteiger partial charge in [-0.1, -0.05) is 42.5 Å². The van der Waals surface area contributed by atoms with E-state index in [0.29, 0.717) is 22.5 Å². The zero-order chi connectivity index (χ0) is 40.5. The first-order valence-electron chi connectivity index (χ1n) is 18.6. The van der Waals surface area contributed by atoms with Crippen LogP contribution in [0.15, 0.2) is 89.6 Å². The molecule has 1 radical (unpaired) electrons. The molecule has 313 valence electrons. The Kier molecular flexibility index (Phi) is 13.7. The number of amides is 2. The summed E-state index contributed by atoms with van der Waals surface area (Å²) in [7, 11) is 1.67. The number of phenols is 1. The summed E-state index contributed by atoms with van der Waals surface area (Å²) in [6, 6.07) is 23.2. The summed E-state index contributed by atoms with van der Waals surface area (Å²) in [6.07, 6.45) is 6.98. The van der Waals surface area contributed by atoms with E-state index in [2.05, 4.69) is 60.0 Å². The number of para-hydroxylation sites is 1. The van der Waals surface area contributed by atoms with Gasteiger partial charge in [0.05, 0.1) is 35.6 Å². The van der Waals surface area contributed by atoms with Gasteiger partial charge < -0.3 is 46.0 Å². The van der Waals surface area contributed by atoms with Crippen molar-refractivity contribution >= 4 is 34.7 Å². The minimum absolute atomic E-state index is 0. The van der Waals surface area contributed by atoms with Crippen molar-refractivity contribution < 1.29 is 28.7 Å². The molecular weight excluding hydrogens is 992 g/mol. The number of nitrogens with zero attached hydrogens (tertiary/aromatic N) is 8. The van der Waals surface area contributed by atoms with Gasteiger partial charge in [-0.2, -0.15) is 36.6 Å². The first kappa shape index (κ1) is 41.8. The number of nitrogens with one attached hydrogen (secondary N) is 1. The maximum atomic E-state index is 13.8. The van der Waals surface area contributed by atoms with E-state index in [1.54, 1.807) is 55.9 Å². The zero-order valence-corrected chi connectivity index (χ0v) is 34.6. The van der Waals surface area contributed by atoms with Crippen molar-refractivity contribution in [2.24, 2.45) is 7.05 Å². The first-order valence-corrected chi connectivity index (χ1v) is 18.6. The number of aliphatic hydroxyl groups excluding tert-OH is 1. The van der Waals surface area contributed by atoms with Crippen LogP contribution in [0.1, 0.15) is 38.8 Å². The van der Waals surface area contributed by atoms with Crippen LogP contribution >= 0.6 is 0 Å². The second-order valence-corrected chi connectivity index (χ2v) is 13.8. The van der Waals surface area contributed by atoms with Gasteiger partial charge in [-0.25, -0.2) is 4.39 Å². The van der Waals surface area contributed by atoms with Gasteiger partial charge in [0.15, 0.2) is 5.82 Å². The number of hydrogen-bond acceptors (Lipinski definition) is 11. The molecule has 2 aliphatic rings. The number of benzene rings is 3. The van der Waals surface area contributed by atoms with Crippen molar-refractivity contribution in [1.82, 2.24) is 35.4 Å². The summed E-state index contributed by atoms with van der Waals surface area (Å²) < 4.78 is 20.1. The standard InChI is InChI=1S/C21H18N5O2.C18H20FN4O3.C3H7.Lr/c27-20-4-2-1-3-17(20)19-13-15-5-6-16(14-18(15)22-23-19)25-8-10-26(11-9-25)21-7-12-28-24-21;1-11(21-18(26)16-7-14(25)9-23(16)10-24)12-3-5-13(6-4-12)17-15(19)8-20-22(17)2;1-3-2;/h1-7,13-14,27H,8-11H2;3-6,8,11,14,16,25H,7,9H2,1-2H3,(H,21,26);3H,1-2H3;/q3*-1;/t;11-,14+,16-;;/m.0../s1. The van der Waals surface area contributed by atoms with Gasteiger partial charge in [0.2, 0.25) is 5.91 Å². The molecule has 3 aromatic heterocycles. The number of phenolic OH excluding ortho intramolecular Hbond substituents is 1. The molecule has 5 heterocycles. The molecule has 0 bridgehead atoms. The largest absolute Gasteiger partial charge is 0.520 e. The molecule has 2 aliphatic heterocycles. The van der Waals surface area contributed by atoms with Crippen molar-refractivity contribution in [3.05, 3.63) is 109 Å². The summed E-state index contributed by atoms with van der Waals surface area (Å²) in [6.45, 7) is 9.45. The Hall–Kier alpha value is -7.35. The van der Waals surface area contributed by atoms with Crippen LogP contribution in [0, 0.1) is 18.5 Å². The van der Waals surface area contributed by atoms with E-state index in [9.17, 15) is 24.2 Å². The van der Waals surface area contributed by atoms with Crippen LogP contribution in [0.4, 0.5) is 15.9 Å². The van der Waals surface area contributed by atoms with Crippen molar-refractivity contribution in [3.8, 4) is 28.3 Å². The molecule has 0 aliphatic carbocycles. The summed E-state index contributed by atoms with van der Waals surface area (Å²) >= 11 is 0. The third kappa shape index (κ3) is 9.53. The number of carbonyl (C=O) groups is 1. The van der Waals surface area contributed by atoms with E-state index in [0.717, 1.165) is 60.3 Å². The van der Waals surface area contributed by atoms with Gasteiger partial charge >= 0.3 is 0 Å². The fourth-order valence-electron chi connectivity index (χ4n) is 6.79. The molecule has 2 amide bonds. The molecule has 58 heavy (non-hydrogen) atoms. The van der Waals surface area contributed by atoms with E-state index in [4.69, 9.17) is 4.52 Å². The van der Waals surface area contributed by atoms with E-state index in [1.165, 1.54) is 9.58 Å². The van der Waals surface area contributed by atoms with Crippen molar-refractivity contribution in [2.45, 2.75) is 45.4 Å². The summed E-state index contributed by atoms with van der Waals surface area (Å²) in [5, 5.41) is 40.0. The number of rotatable bonds is 8. The number of fused-ring (bicyclic) bond motifs is 1. The Morgan fingerprint density at radius 3 is 2.38 bits per heavy atom. The number of aromatic nitrogens is 5. The number of aryl methyl sites for hydroxylation is 1. The summed E-state index contributed by atoms with van der Waals surface area (Å²) in [5.41, 5.74) is 5.23. The van der Waals surface area contributed by atoms with Crippen LogP contribution < -0.4 is 15.1 Å². The predicted octanol–water partition coefficient (Wildman–Crippen LogP) is 5.25. The molecule has 3 N–H and O–H groups in total. The smallest absolute Gasteiger partial charge is 0.240 e. The number of hydrogen-bond donors (Lipinski definition) is 3. The van der Waals surface area contributed by atoms with E-state index >= 15 is 0 Å². The Balaban J connectivity index is 0.000000204. The van der Waals surface area contributed by atoms with Crippen LogP contribution in [0.5, 0.6) is 5.75 Å². The molecule has 0 unspecified atom stereocenters. The molecule has 0 saturated carbocycles. The number of piperazine rings is 1. The number of aromatic hydroxyl groups is 1. The third-order valence-corrected chi connectivity index (χ3v) is 9.74. The molecule has 16 heteroatoms. The fourth-order valence-corrected chi connectivity index (χ4v) is 6.79. The van der Waals surface area contributed by atoms with Crippen LogP contribution in [-0.4, -0.2) is 97.4 Å². The van der Waals surface area contributed by atoms with Gasteiger partial charge in [-0.05, 0) is 49.1 Å². The number of anilines is 2. The van der Waals surface area contributed by atoms with Crippen molar-refractivity contribution in [3.63, 3.8) is 0 Å². The quantitative estimate of drug-likeness (QED) is 0.171. The molecule has 2 fully saturated rings. The number of halogens is 1. The first-order chi connectivity index (χ1) is 27.6. The number of β-amino-alcohol motifs (C(OH)–C–C–N with tert-alkyl or cyclic N) is 1. The second kappa shape index (κ2) is 19.0. The summed E-state index contributed by atoms with van der Waals surface area (Å²) in [5.74, 6) is 0.307. The Morgan fingerprint density at radius 1 is 1.03 bits per heavy atom. The fraction of sp³-hybridized carbons (Fsp3) is 0.310. The molecular formula is C42H45FLrN9O5-3. The van der Waals surface area contributed by atoms with Gasteiger partial charge in [0.1, 0.15) is 11.4 Å². The monoisotopic (exact) mass is 1040 g/mol. The number of aliphatic hydroxyl groups is 1. The van der Waals surface area contributed by atoms with Crippen LogP contribution in [-0.2, 0) is 16.6 Å². The maximum Gasteiger partial charge on any atom is 0.240 e. The Bertz CT molecular complexity index is 2230. The molecule has 0 spiro atoms.